The lowest BCUT2D eigenvalue weighted by Gasteiger charge is -2.14. The van der Waals surface area contributed by atoms with Crippen LogP contribution in [0.4, 0.5) is 5.69 Å². The van der Waals surface area contributed by atoms with Crippen LogP contribution in [-0.2, 0) is 0 Å². The molecule has 2 aromatic carbocycles. The van der Waals surface area contributed by atoms with Crippen LogP contribution < -0.4 is 9.64 Å². The maximum absolute atomic E-state index is 10.9. The third-order valence-corrected chi connectivity index (χ3v) is 2.65. The van der Waals surface area contributed by atoms with Crippen molar-refractivity contribution in [2.45, 2.75) is 0 Å². The van der Waals surface area contributed by atoms with E-state index in [-0.39, 0.29) is 5.56 Å². The lowest BCUT2D eigenvalue weighted by molar-refractivity contribution is 0.0696. The van der Waals surface area contributed by atoms with E-state index in [9.17, 15) is 4.79 Å². The Kier molecular flexibility index (Phi) is 3.71. The molecule has 0 aromatic heterocycles. The molecule has 0 unspecified atom stereocenters. The molecule has 0 atom stereocenters. The lowest BCUT2D eigenvalue weighted by Crippen LogP contribution is -2.08. The summed E-state index contributed by atoms with van der Waals surface area (Å²) < 4.78 is 5.67. The van der Waals surface area contributed by atoms with E-state index in [0.717, 1.165) is 5.69 Å². The van der Waals surface area contributed by atoms with Gasteiger partial charge in [0.1, 0.15) is 11.5 Å². The van der Waals surface area contributed by atoms with Crippen molar-refractivity contribution < 1.29 is 14.6 Å². The molecule has 0 fully saturated rings. The highest BCUT2D eigenvalue weighted by atomic mass is 16.5. The monoisotopic (exact) mass is 257 g/mol. The molecule has 0 bridgehead atoms. The predicted octanol–water partition coefficient (Wildman–Crippen LogP) is 3.24. The van der Waals surface area contributed by atoms with Gasteiger partial charge in [-0.2, -0.15) is 0 Å². The van der Waals surface area contributed by atoms with Crippen molar-refractivity contribution in [2.24, 2.45) is 0 Å². The number of ether oxygens (including phenoxy) is 1. The van der Waals surface area contributed by atoms with Gasteiger partial charge in [0, 0.05) is 25.8 Å². The van der Waals surface area contributed by atoms with Crippen molar-refractivity contribution in [2.75, 3.05) is 19.0 Å². The summed E-state index contributed by atoms with van der Waals surface area (Å²) in [5, 5.41) is 8.93. The number of aromatic carboxylic acids is 1. The van der Waals surface area contributed by atoms with Crippen LogP contribution >= 0.6 is 0 Å². The molecular weight excluding hydrogens is 242 g/mol. The molecule has 0 amide bonds. The van der Waals surface area contributed by atoms with Gasteiger partial charge in [-0.3, -0.25) is 0 Å². The molecule has 0 heterocycles. The Balaban J connectivity index is 2.23. The molecule has 0 aliphatic heterocycles. The van der Waals surface area contributed by atoms with E-state index in [0.29, 0.717) is 11.5 Å². The number of carboxylic acids is 1. The Bertz CT molecular complexity index is 593. The minimum atomic E-state index is -0.965. The summed E-state index contributed by atoms with van der Waals surface area (Å²) in [4.78, 5) is 12.9. The van der Waals surface area contributed by atoms with Gasteiger partial charge in [0.05, 0.1) is 5.56 Å². The average Bonchev–Trinajstić information content (AvgIpc) is 2.39. The van der Waals surface area contributed by atoms with Gasteiger partial charge in [-0.1, -0.05) is 12.1 Å². The molecule has 4 heteroatoms. The molecule has 98 valence electrons. The molecule has 0 saturated carbocycles. The highest BCUT2D eigenvalue weighted by Crippen LogP contribution is 2.25. The van der Waals surface area contributed by atoms with Crippen LogP contribution in [0.5, 0.6) is 11.5 Å². The third-order valence-electron chi connectivity index (χ3n) is 2.65. The molecular formula is C15H15NO3. The van der Waals surface area contributed by atoms with Crippen LogP contribution in [0, 0.1) is 0 Å². The Morgan fingerprint density at radius 3 is 2.32 bits per heavy atom. The Hall–Kier alpha value is -2.49. The quantitative estimate of drug-likeness (QED) is 0.913. The summed E-state index contributed by atoms with van der Waals surface area (Å²) in [5.41, 5.74) is 1.23. The van der Waals surface area contributed by atoms with Crippen molar-refractivity contribution in [3.63, 3.8) is 0 Å². The van der Waals surface area contributed by atoms with E-state index in [2.05, 4.69) is 0 Å². The van der Waals surface area contributed by atoms with Gasteiger partial charge in [-0.15, -0.1) is 0 Å². The number of hydrogen-bond donors (Lipinski definition) is 1. The van der Waals surface area contributed by atoms with Gasteiger partial charge in [-0.05, 0) is 30.3 Å². The molecule has 0 spiro atoms. The fourth-order valence-corrected chi connectivity index (χ4v) is 1.65. The van der Waals surface area contributed by atoms with Crippen LogP contribution in [-0.4, -0.2) is 25.2 Å². The van der Waals surface area contributed by atoms with E-state index in [4.69, 9.17) is 9.84 Å². The number of anilines is 1. The van der Waals surface area contributed by atoms with Gasteiger partial charge in [0.25, 0.3) is 0 Å². The summed E-state index contributed by atoms with van der Waals surface area (Å²) in [6, 6.07) is 14.0. The van der Waals surface area contributed by atoms with Gasteiger partial charge < -0.3 is 14.7 Å². The number of nitrogens with zero attached hydrogens (tertiary/aromatic N) is 1. The Morgan fingerprint density at radius 1 is 1.05 bits per heavy atom. The van der Waals surface area contributed by atoms with Crippen LogP contribution in [0.15, 0.2) is 48.5 Å². The molecule has 19 heavy (non-hydrogen) atoms. The first-order chi connectivity index (χ1) is 9.06. The summed E-state index contributed by atoms with van der Waals surface area (Å²) in [5.74, 6) is 0.219. The number of hydrogen-bond acceptors (Lipinski definition) is 3. The van der Waals surface area contributed by atoms with E-state index >= 15 is 0 Å². The smallest absolute Gasteiger partial charge is 0.335 e. The van der Waals surface area contributed by atoms with Crippen molar-refractivity contribution in [1.82, 2.24) is 0 Å². The molecule has 0 saturated heterocycles. The number of carboxylic acid groups (broad SMARTS) is 1. The van der Waals surface area contributed by atoms with Crippen LogP contribution in [0.25, 0.3) is 0 Å². The van der Waals surface area contributed by atoms with Crippen molar-refractivity contribution in [1.29, 1.82) is 0 Å². The van der Waals surface area contributed by atoms with Crippen molar-refractivity contribution in [3.05, 3.63) is 54.1 Å². The highest BCUT2D eigenvalue weighted by Gasteiger charge is 2.05. The fourth-order valence-electron chi connectivity index (χ4n) is 1.65. The topological polar surface area (TPSA) is 49.8 Å². The fraction of sp³-hybridized carbons (Fsp3) is 0.133. The maximum Gasteiger partial charge on any atom is 0.335 e. The molecule has 0 aliphatic rings. The molecule has 1 N–H and O–H groups in total. The minimum absolute atomic E-state index is 0.210. The molecule has 2 aromatic rings. The van der Waals surface area contributed by atoms with Crippen molar-refractivity contribution >= 4 is 11.7 Å². The maximum atomic E-state index is 10.9. The molecule has 0 radical (unpaired) electrons. The standard InChI is InChI=1S/C15H15NO3/c1-16(2)12-6-4-8-14(10-12)19-13-7-3-5-11(9-13)15(17)18/h3-10H,1-2H3,(H,17,18). The molecule has 2 rings (SSSR count). The zero-order valence-corrected chi connectivity index (χ0v) is 10.8. The van der Waals surface area contributed by atoms with Gasteiger partial charge in [0.15, 0.2) is 0 Å². The van der Waals surface area contributed by atoms with Crippen LogP contribution in [0.2, 0.25) is 0 Å². The first kappa shape index (κ1) is 13.0. The van der Waals surface area contributed by atoms with Gasteiger partial charge >= 0.3 is 5.97 Å². The second-order valence-corrected chi connectivity index (χ2v) is 4.33. The summed E-state index contributed by atoms with van der Waals surface area (Å²) in [6.45, 7) is 0. The zero-order chi connectivity index (χ0) is 13.8. The SMILES string of the molecule is CN(C)c1cccc(Oc2cccc(C(=O)O)c2)c1. The first-order valence-electron chi connectivity index (χ1n) is 5.85. The van der Waals surface area contributed by atoms with E-state index in [1.54, 1.807) is 12.1 Å². The van der Waals surface area contributed by atoms with Gasteiger partial charge in [-0.25, -0.2) is 4.79 Å². The molecule has 0 aliphatic carbocycles. The summed E-state index contributed by atoms with van der Waals surface area (Å²) in [7, 11) is 3.90. The Morgan fingerprint density at radius 2 is 1.68 bits per heavy atom. The lowest BCUT2D eigenvalue weighted by atomic mass is 10.2. The van der Waals surface area contributed by atoms with Crippen LogP contribution in [0.1, 0.15) is 10.4 Å². The molecule has 4 nitrogen and oxygen atoms in total. The highest BCUT2D eigenvalue weighted by molar-refractivity contribution is 5.88. The van der Waals surface area contributed by atoms with E-state index < -0.39 is 5.97 Å². The average molecular weight is 257 g/mol. The third kappa shape index (κ3) is 3.25. The minimum Gasteiger partial charge on any atom is -0.478 e. The van der Waals surface area contributed by atoms with E-state index in [1.165, 1.54) is 12.1 Å². The Labute approximate surface area is 111 Å². The van der Waals surface area contributed by atoms with Gasteiger partial charge in [0.2, 0.25) is 0 Å². The second-order valence-electron chi connectivity index (χ2n) is 4.33. The predicted molar refractivity (Wildman–Crippen MR) is 74.2 cm³/mol. The number of benzene rings is 2. The van der Waals surface area contributed by atoms with Crippen molar-refractivity contribution in [3.8, 4) is 11.5 Å². The summed E-state index contributed by atoms with van der Waals surface area (Å²) in [6.07, 6.45) is 0. The van der Waals surface area contributed by atoms with E-state index in [1.807, 2.05) is 43.3 Å². The number of rotatable bonds is 4. The first-order valence-corrected chi connectivity index (χ1v) is 5.85. The second kappa shape index (κ2) is 5.44. The van der Waals surface area contributed by atoms with Crippen LogP contribution in [0.3, 0.4) is 0 Å². The largest absolute Gasteiger partial charge is 0.478 e. The number of carbonyl (C=O) groups is 1. The normalized spacial score (nSPS) is 10.0. The summed E-state index contributed by atoms with van der Waals surface area (Å²) >= 11 is 0. The zero-order valence-electron chi connectivity index (χ0n) is 10.8.